The Morgan fingerprint density at radius 3 is 2.59 bits per heavy atom. The number of carbonyl (C=O) groups is 1. The minimum absolute atomic E-state index is 0.132. The fourth-order valence-electron chi connectivity index (χ4n) is 2.83. The first-order valence-electron chi connectivity index (χ1n) is 7.74. The minimum Gasteiger partial charge on any atom is -0.352 e. The maximum Gasteiger partial charge on any atom is 0.282 e. The fourth-order valence-corrected chi connectivity index (χ4v) is 2.83. The Morgan fingerprint density at radius 1 is 1.36 bits per heavy atom. The molecule has 0 radical (unpaired) electrons. The molecule has 0 saturated carbocycles. The van der Waals surface area contributed by atoms with Gasteiger partial charge >= 0.3 is 0 Å². The van der Waals surface area contributed by atoms with E-state index in [-0.39, 0.29) is 17.2 Å². The van der Waals surface area contributed by atoms with Gasteiger partial charge in [-0.05, 0) is 51.8 Å². The lowest BCUT2D eigenvalue weighted by atomic mass is 9.96. The molecule has 1 aliphatic rings. The van der Waals surface area contributed by atoms with E-state index in [0.717, 1.165) is 25.9 Å². The summed E-state index contributed by atoms with van der Waals surface area (Å²) in [7, 11) is 0. The molecule has 0 bridgehead atoms. The van der Waals surface area contributed by atoms with Gasteiger partial charge in [0.2, 0.25) is 0 Å². The highest BCUT2D eigenvalue weighted by atomic mass is 16.6. The average Bonchev–Trinajstić information content (AvgIpc) is 2.53. The van der Waals surface area contributed by atoms with Crippen LogP contribution in [-0.4, -0.2) is 41.4 Å². The second-order valence-electron chi connectivity index (χ2n) is 6.06. The van der Waals surface area contributed by atoms with Crippen LogP contribution in [0.3, 0.4) is 0 Å². The van der Waals surface area contributed by atoms with Crippen molar-refractivity contribution in [2.75, 3.05) is 19.6 Å². The van der Waals surface area contributed by atoms with E-state index in [4.69, 9.17) is 0 Å². The number of piperidine rings is 1. The molecule has 0 aliphatic carbocycles. The molecular formula is C16H23N3O3. The lowest BCUT2D eigenvalue weighted by molar-refractivity contribution is -0.385. The van der Waals surface area contributed by atoms with Crippen molar-refractivity contribution in [3.8, 4) is 0 Å². The molecule has 120 valence electrons. The molecule has 1 aromatic carbocycles. The van der Waals surface area contributed by atoms with Crippen LogP contribution < -0.4 is 5.32 Å². The lowest BCUT2D eigenvalue weighted by Crippen LogP contribution is -2.41. The number of para-hydroxylation sites is 1. The Kier molecular flexibility index (Phi) is 5.49. The van der Waals surface area contributed by atoms with E-state index in [2.05, 4.69) is 24.1 Å². The number of carbonyl (C=O) groups excluding carboxylic acids is 1. The third kappa shape index (κ3) is 4.04. The van der Waals surface area contributed by atoms with Crippen LogP contribution in [0.15, 0.2) is 24.3 Å². The zero-order chi connectivity index (χ0) is 16.1. The van der Waals surface area contributed by atoms with E-state index in [1.807, 2.05) is 0 Å². The number of amides is 1. The quantitative estimate of drug-likeness (QED) is 0.669. The Balaban J connectivity index is 1.88. The van der Waals surface area contributed by atoms with Gasteiger partial charge in [0.25, 0.3) is 11.6 Å². The van der Waals surface area contributed by atoms with Crippen LogP contribution in [0.25, 0.3) is 0 Å². The number of hydrogen-bond donors (Lipinski definition) is 1. The third-order valence-corrected chi connectivity index (χ3v) is 4.28. The summed E-state index contributed by atoms with van der Waals surface area (Å²) < 4.78 is 0. The van der Waals surface area contributed by atoms with E-state index < -0.39 is 4.92 Å². The summed E-state index contributed by atoms with van der Waals surface area (Å²) in [4.78, 5) is 25.0. The molecule has 1 aromatic rings. The first-order valence-corrected chi connectivity index (χ1v) is 7.74. The Hall–Kier alpha value is -1.95. The summed E-state index contributed by atoms with van der Waals surface area (Å²) >= 11 is 0. The zero-order valence-electron chi connectivity index (χ0n) is 13.1. The highest BCUT2D eigenvalue weighted by molar-refractivity contribution is 5.98. The van der Waals surface area contributed by atoms with Crippen molar-refractivity contribution in [2.24, 2.45) is 5.92 Å². The molecule has 1 aliphatic heterocycles. The van der Waals surface area contributed by atoms with Crippen molar-refractivity contribution < 1.29 is 9.72 Å². The molecule has 2 rings (SSSR count). The first-order chi connectivity index (χ1) is 10.5. The SMILES string of the molecule is CC(C)N1CCC(CNC(=O)c2ccccc2[N+](=O)[O-])CC1. The highest BCUT2D eigenvalue weighted by Gasteiger charge is 2.23. The summed E-state index contributed by atoms with van der Waals surface area (Å²) in [6.07, 6.45) is 2.10. The molecule has 1 N–H and O–H groups in total. The van der Waals surface area contributed by atoms with Crippen molar-refractivity contribution in [1.29, 1.82) is 0 Å². The van der Waals surface area contributed by atoms with Gasteiger partial charge in [0.1, 0.15) is 5.56 Å². The molecule has 1 saturated heterocycles. The molecule has 0 aromatic heterocycles. The van der Waals surface area contributed by atoms with Crippen molar-refractivity contribution in [3.63, 3.8) is 0 Å². The summed E-state index contributed by atoms with van der Waals surface area (Å²) in [5, 5.41) is 13.8. The normalized spacial score (nSPS) is 16.7. The number of nitro benzene ring substituents is 1. The van der Waals surface area contributed by atoms with Crippen LogP contribution in [-0.2, 0) is 0 Å². The Bertz CT molecular complexity index is 537. The molecule has 1 fully saturated rings. The lowest BCUT2D eigenvalue weighted by Gasteiger charge is -2.34. The van der Waals surface area contributed by atoms with Gasteiger partial charge in [0, 0.05) is 18.7 Å². The van der Waals surface area contributed by atoms with Crippen LogP contribution in [0.1, 0.15) is 37.0 Å². The maximum atomic E-state index is 12.2. The van der Waals surface area contributed by atoms with Gasteiger partial charge in [-0.25, -0.2) is 0 Å². The van der Waals surface area contributed by atoms with Crippen molar-refractivity contribution >= 4 is 11.6 Å². The van der Waals surface area contributed by atoms with Crippen LogP contribution in [0, 0.1) is 16.0 Å². The number of nitrogens with one attached hydrogen (secondary N) is 1. The van der Waals surface area contributed by atoms with Gasteiger partial charge in [-0.2, -0.15) is 0 Å². The number of nitrogens with zero attached hydrogens (tertiary/aromatic N) is 2. The molecule has 6 nitrogen and oxygen atoms in total. The van der Waals surface area contributed by atoms with Crippen molar-refractivity contribution in [3.05, 3.63) is 39.9 Å². The molecule has 0 unspecified atom stereocenters. The van der Waals surface area contributed by atoms with Gasteiger partial charge in [0.05, 0.1) is 4.92 Å². The second-order valence-corrected chi connectivity index (χ2v) is 6.06. The topological polar surface area (TPSA) is 75.5 Å². The summed E-state index contributed by atoms with van der Waals surface area (Å²) in [6.45, 7) is 7.05. The molecule has 0 atom stereocenters. The summed E-state index contributed by atoms with van der Waals surface area (Å²) in [5.41, 5.74) is -0.0123. The fraction of sp³-hybridized carbons (Fsp3) is 0.562. The second kappa shape index (κ2) is 7.35. The van der Waals surface area contributed by atoms with Crippen LogP contribution in [0.2, 0.25) is 0 Å². The number of benzene rings is 1. The molecule has 1 heterocycles. The number of likely N-dealkylation sites (tertiary alicyclic amines) is 1. The van der Waals surface area contributed by atoms with Gasteiger partial charge in [-0.15, -0.1) is 0 Å². The zero-order valence-corrected chi connectivity index (χ0v) is 13.1. The van der Waals surface area contributed by atoms with E-state index in [9.17, 15) is 14.9 Å². The Labute approximate surface area is 130 Å². The largest absolute Gasteiger partial charge is 0.352 e. The number of nitro groups is 1. The van der Waals surface area contributed by atoms with E-state index >= 15 is 0 Å². The van der Waals surface area contributed by atoms with E-state index in [1.54, 1.807) is 12.1 Å². The number of hydrogen-bond acceptors (Lipinski definition) is 4. The van der Waals surface area contributed by atoms with Crippen molar-refractivity contribution in [2.45, 2.75) is 32.7 Å². The first kappa shape index (κ1) is 16.4. The monoisotopic (exact) mass is 305 g/mol. The van der Waals surface area contributed by atoms with Crippen LogP contribution >= 0.6 is 0 Å². The van der Waals surface area contributed by atoms with Gasteiger partial charge in [0.15, 0.2) is 0 Å². The van der Waals surface area contributed by atoms with Crippen molar-refractivity contribution in [1.82, 2.24) is 10.2 Å². The summed E-state index contributed by atoms with van der Waals surface area (Å²) in [6, 6.07) is 6.62. The van der Waals surface area contributed by atoms with Gasteiger partial charge in [-0.3, -0.25) is 14.9 Å². The van der Waals surface area contributed by atoms with E-state index in [0.29, 0.717) is 18.5 Å². The highest BCUT2D eigenvalue weighted by Crippen LogP contribution is 2.20. The van der Waals surface area contributed by atoms with Crippen LogP contribution in [0.4, 0.5) is 5.69 Å². The van der Waals surface area contributed by atoms with Gasteiger partial charge in [-0.1, -0.05) is 12.1 Å². The summed E-state index contributed by atoms with van der Waals surface area (Å²) in [5.74, 6) is 0.0836. The standard InChI is InChI=1S/C16H23N3O3/c1-12(2)18-9-7-13(8-10-18)11-17-16(20)14-5-3-4-6-15(14)19(21)22/h3-6,12-13H,7-11H2,1-2H3,(H,17,20). The minimum atomic E-state index is -0.518. The average molecular weight is 305 g/mol. The van der Waals surface area contributed by atoms with E-state index in [1.165, 1.54) is 12.1 Å². The molecule has 22 heavy (non-hydrogen) atoms. The molecule has 0 spiro atoms. The maximum absolute atomic E-state index is 12.2. The predicted molar refractivity (Wildman–Crippen MR) is 84.9 cm³/mol. The molecule has 6 heteroatoms. The molecule has 1 amide bonds. The van der Waals surface area contributed by atoms with Crippen LogP contribution in [0.5, 0.6) is 0 Å². The third-order valence-electron chi connectivity index (χ3n) is 4.28. The predicted octanol–water partition coefficient (Wildman–Crippen LogP) is 2.45. The smallest absolute Gasteiger partial charge is 0.282 e. The van der Waals surface area contributed by atoms with Gasteiger partial charge < -0.3 is 10.2 Å². The molecular weight excluding hydrogens is 282 g/mol. The number of rotatable bonds is 5. The Morgan fingerprint density at radius 2 is 2.00 bits per heavy atom.